The number of hydrogen-bond acceptors (Lipinski definition) is 1. The predicted molar refractivity (Wildman–Crippen MR) is 88.6 cm³/mol. The fourth-order valence-electron chi connectivity index (χ4n) is 6.53. The maximum Gasteiger partial charge on any atom is 0.317 e. The van der Waals surface area contributed by atoms with Gasteiger partial charge in [0.05, 0.1) is 0 Å². The Balaban J connectivity index is 1.33. The summed E-state index contributed by atoms with van der Waals surface area (Å²) < 4.78 is 0. The minimum atomic E-state index is 0.183. The lowest BCUT2D eigenvalue weighted by molar-refractivity contribution is -0.0503. The van der Waals surface area contributed by atoms with Crippen LogP contribution in [0.5, 0.6) is 0 Å². The third-order valence-corrected chi connectivity index (χ3v) is 7.22. The van der Waals surface area contributed by atoms with Gasteiger partial charge in [-0.3, -0.25) is 0 Å². The van der Waals surface area contributed by atoms with E-state index in [2.05, 4.69) is 5.32 Å². The van der Waals surface area contributed by atoms with Gasteiger partial charge in [-0.1, -0.05) is 19.3 Å². The summed E-state index contributed by atoms with van der Waals surface area (Å²) in [5.41, 5.74) is 0.456. The van der Waals surface area contributed by atoms with Crippen LogP contribution in [0.1, 0.15) is 70.6 Å². The highest BCUT2D eigenvalue weighted by Crippen LogP contribution is 2.59. The number of amides is 2. The summed E-state index contributed by atoms with van der Waals surface area (Å²) in [5.74, 6) is 2.91. The molecule has 0 aromatic heterocycles. The smallest absolute Gasteiger partial charge is 0.317 e. The lowest BCUT2D eigenvalue weighted by atomic mass is 9.49. The number of carbonyl (C=O) groups excluding carboxylic acids is 1. The van der Waals surface area contributed by atoms with E-state index in [1.54, 1.807) is 0 Å². The normalized spacial score (nSPS) is 40.7. The summed E-state index contributed by atoms with van der Waals surface area (Å²) in [6, 6.07) is 0.660. The molecule has 1 N–H and O–H groups in total. The van der Waals surface area contributed by atoms with Crippen LogP contribution in [0.2, 0.25) is 0 Å². The molecule has 3 heteroatoms. The van der Waals surface area contributed by atoms with E-state index in [1.165, 1.54) is 70.6 Å². The van der Waals surface area contributed by atoms with Crippen LogP contribution in [0.3, 0.4) is 0 Å². The first kappa shape index (κ1) is 14.8. The minimum Gasteiger partial charge on any atom is -0.337 e. The first-order valence-electron chi connectivity index (χ1n) is 9.64. The van der Waals surface area contributed by atoms with E-state index in [0.29, 0.717) is 11.5 Å². The van der Waals surface area contributed by atoms with Crippen molar-refractivity contribution in [3.63, 3.8) is 0 Å². The molecular weight excluding hydrogens is 272 g/mol. The molecule has 5 rings (SSSR count). The van der Waals surface area contributed by atoms with E-state index in [-0.39, 0.29) is 6.03 Å². The molecule has 5 aliphatic rings. The highest BCUT2D eigenvalue weighted by molar-refractivity contribution is 5.74. The van der Waals surface area contributed by atoms with Crippen molar-refractivity contribution in [2.45, 2.75) is 76.7 Å². The molecule has 4 bridgehead atoms. The summed E-state index contributed by atoms with van der Waals surface area (Å²) in [6.45, 7) is 0.937. The number of hydrogen-bond donors (Lipinski definition) is 1. The standard InChI is InChI=1S/C19H32N2O/c1-21(17-5-3-2-4-6-17)18(22)20-13-19-10-14-7-15(11-19)9-16(8-14)12-19/h14-17H,2-13H2,1H3,(H,20,22). The van der Waals surface area contributed by atoms with Gasteiger partial charge in [0.15, 0.2) is 0 Å². The van der Waals surface area contributed by atoms with Crippen molar-refractivity contribution in [1.82, 2.24) is 10.2 Å². The van der Waals surface area contributed by atoms with E-state index < -0.39 is 0 Å². The number of rotatable bonds is 3. The molecule has 0 spiro atoms. The molecule has 5 fully saturated rings. The average molecular weight is 304 g/mol. The van der Waals surface area contributed by atoms with Crippen molar-refractivity contribution in [2.24, 2.45) is 23.2 Å². The van der Waals surface area contributed by atoms with Crippen LogP contribution < -0.4 is 5.32 Å². The third-order valence-electron chi connectivity index (χ3n) is 7.22. The Bertz CT molecular complexity index is 392. The lowest BCUT2D eigenvalue weighted by Gasteiger charge is -2.57. The summed E-state index contributed by atoms with van der Waals surface area (Å²) in [5, 5.41) is 3.32. The SMILES string of the molecule is CN(C(=O)NCC12CC3CC(CC(C3)C1)C2)C1CCCCC1. The van der Waals surface area contributed by atoms with Crippen molar-refractivity contribution in [2.75, 3.05) is 13.6 Å². The average Bonchev–Trinajstić information content (AvgIpc) is 2.51. The Hall–Kier alpha value is -0.730. The van der Waals surface area contributed by atoms with Gasteiger partial charge < -0.3 is 10.2 Å². The highest BCUT2D eigenvalue weighted by atomic mass is 16.2. The number of nitrogens with zero attached hydrogens (tertiary/aromatic N) is 1. The zero-order valence-corrected chi connectivity index (χ0v) is 14.2. The summed E-state index contributed by atoms with van der Waals surface area (Å²) >= 11 is 0. The van der Waals surface area contributed by atoms with E-state index in [9.17, 15) is 4.79 Å². The van der Waals surface area contributed by atoms with Crippen molar-refractivity contribution < 1.29 is 4.79 Å². The van der Waals surface area contributed by atoms with E-state index in [0.717, 1.165) is 24.3 Å². The van der Waals surface area contributed by atoms with Gasteiger partial charge in [-0.15, -0.1) is 0 Å². The first-order chi connectivity index (χ1) is 10.6. The largest absolute Gasteiger partial charge is 0.337 e. The van der Waals surface area contributed by atoms with Crippen LogP contribution >= 0.6 is 0 Å². The van der Waals surface area contributed by atoms with E-state index in [4.69, 9.17) is 0 Å². The molecule has 0 atom stereocenters. The number of urea groups is 1. The maximum atomic E-state index is 12.6. The molecule has 0 saturated heterocycles. The predicted octanol–water partition coefficient (Wildman–Crippen LogP) is 4.18. The molecule has 0 unspecified atom stereocenters. The molecule has 2 amide bonds. The summed E-state index contributed by atoms with van der Waals surface area (Å²) in [4.78, 5) is 14.5. The lowest BCUT2D eigenvalue weighted by Crippen LogP contribution is -2.53. The molecule has 124 valence electrons. The summed E-state index contributed by atoms with van der Waals surface area (Å²) in [7, 11) is 2.00. The fourth-order valence-corrected chi connectivity index (χ4v) is 6.53. The second-order valence-corrected chi connectivity index (χ2v) is 8.98. The van der Waals surface area contributed by atoms with Gasteiger partial charge in [0.2, 0.25) is 0 Å². The molecule has 5 saturated carbocycles. The maximum absolute atomic E-state index is 12.6. The van der Waals surface area contributed by atoms with Crippen molar-refractivity contribution in [3.8, 4) is 0 Å². The minimum absolute atomic E-state index is 0.183. The summed E-state index contributed by atoms with van der Waals surface area (Å²) in [6.07, 6.45) is 14.9. The fraction of sp³-hybridized carbons (Fsp3) is 0.947. The molecule has 22 heavy (non-hydrogen) atoms. The molecule has 0 radical (unpaired) electrons. The van der Waals surface area contributed by atoms with Crippen molar-refractivity contribution in [3.05, 3.63) is 0 Å². The molecule has 0 aromatic rings. The Kier molecular flexibility index (Phi) is 3.86. The Morgan fingerprint density at radius 3 is 2.09 bits per heavy atom. The zero-order valence-electron chi connectivity index (χ0n) is 14.2. The molecule has 3 nitrogen and oxygen atoms in total. The van der Waals surface area contributed by atoms with Gasteiger partial charge in [-0.05, 0) is 74.5 Å². The molecule has 0 aliphatic heterocycles. The van der Waals surface area contributed by atoms with Gasteiger partial charge >= 0.3 is 6.03 Å². The van der Waals surface area contributed by atoms with Crippen LogP contribution in [-0.2, 0) is 0 Å². The quantitative estimate of drug-likeness (QED) is 0.833. The highest BCUT2D eigenvalue weighted by Gasteiger charge is 2.50. The number of carbonyl (C=O) groups is 1. The first-order valence-corrected chi connectivity index (χ1v) is 9.64. The van der Waals surface area contributed by atoms with Crippen LogP contribution in [0.15, 0.2) is 0 Å². The Morgan fingerprint density at radius 1 is 1.00 bits per heavy atom. The van der Waals surface area contributed by atoms with Gasteiger partial charge in [0, 0.05) is 19.6 Å². The van der Waals surface area contributed by atoms with Gasteiger partial charge in [0.1, 0.15) is 0 Å². The topological polar surface area (TPSA) is 32.3 Å². The second kappa shape index (κ2) is 5.72. The monoisotopic (exact) mass is 304 g/mol. The van der Waals surface area contributed by atoms with Gasteiger partial charge in [-0.2, -0.15) is 0 Å². The Morgan fingerprint density at radius 2 is 1.55 bits per heavy atom. The third kappa shape index (κ3) is 2.76. The van der Waals surface area contributed by atoms with E-state index >= 15 is 0 Å². The van der Waals surface area contributed by atoms with Crippen LogP contribution in [0.4, 0.5) is 4.79 Å². The van der Waals surface area contributed by atoms with Gasteiger partial charge in [0.25, 0.3) is 0 Å². The van der Waals surface area contributed by atoms with Crippen LogP contribution in [-0.4, -0.2) is 30.6 Å². The van der Waals surface area contributed by atoms with Crippen LogP contribution in [0, 0.1) is 23.2 Å². The van der Waals surface area contributed by atoms with Gasteiger partial charge in [-0.25, -0.2) is 4.79 Å². The molecular formula is C19H32N2O. The zero-order chi connectivity index (χ0) is 15.2. The molecule has 0 aromatic carbocycles. The van der Waals surface area contributed by atoms with Crippen molar-refractivity contribution in [1.29, 1.82) is 0 Å². The second-order valence-electron chi connectivity index (χ2n) is 8.98. The van der Waals surface area contributed by atoms with E-state index in [1.807, 2.05) is 11.9 Å². The number of nitrogens with one attached hydrogen (secondary N) is 1. The molecule has 0 heterocycles. The Labute approximate surface area is 135 Å². The van der Waals surface area contributed by atoms with Crippen molar-refractivity contribution >= 4 is 6.03 Å². The molecule has 5 aliphatic carbocycles. The van der Waals surface area contributed by atoms with Crippen LogP contribution in [0.25, 0.3) is 0 Å².